The van der Waals surface area contributed by atoms with Gasteiger partial charge < -0.3 is 10.1 Å². The molecule has 0 saturated carbocycles. The molecule has 6 heteroatoms. The second-order valence-corrected chi connectivity index (χ2v) is 7.49. The number of benzene rings is 3. The van der Waals surface area contributed by atoms with Crippen LogP contribution in [0.25, 0.3) is 0 Å². The Morgan fingerprint density at radius 2 is 1.67 bits per heavy atom. The van der Waals surface area contributed by atoms with E-state index in [4.69, 9.17) is 4.74 Å². The number of para-hydroxylation sites is 1. The van der Waals surface area contributed by atoms with Gasteiger partial charge in [-0.15, -0.1) is 0 Å². The van der Waals surface area contributed by atoms with Crippen LogP contribution in [0, 0.1) is 6.92 Å². The fraction of sp³-hybridized carbons (Fsp3) is 0.0476. The Morgan fingerprint density at radius 3 is 2.37 bits per heavy atom. The molecule has 0 atom stereocenters. The average molecular weight is 489 g/mol. The van der Waals surface area contributed by atoms with Crippen LogP contribution in [0.15, 0.2) is 75.7 Å². The Kier molecular flexibility index (Phi) is 6.08. The highest BCUT2D eigenvalue weighted by molar-refractivity contribution is 9.11. The van der Waals surface area contributed by atoms with Crippen molar-refractivity contribution in [2.75, 3.05) is 5.32 Å². The lowest BCUT2D eigenvalue weighted by Crippen LogP contribution is -2.18. The summed E-state index contributed by atoms with van der Waals surface area (Å²) in [6.07, 6.45) is 0. The number of carbonyl (C=O) groups is 2. The number of anilines is 1. The molecule has 1 amide bonds. The summed E-state index contributed by atoms with van der Waals surface area (Å²) in [5.41, 5.74) is 2.00. The quantitative estimate of drug-likeness (QED) is 0.362. The summed E-state index contributed by atoms with van der Waals surface area (Å²) >= 11 is 6.82. The minimum atomic E-state index is -0.550. The fourth-order valence-electron chi connectivity index (χ4n) is 2.44. The maximum Gasteiger partial charge on any atom is 0.345 e. The number of ether oxygens (including phenoxy) is 1. The van der Waals surface area contributed by atoms with Gasteiger partial charge in [0.1, 0.15) is 5.75 Å². The third kappa shape index (κ3) is 4.64. The second kappa shape index (κ2) is 8.50. The molecule has 0 saturated heterocycles. The van der Waals surface area contributed by atoms with Crippen LogP contribution in [0.5, 0.6) is 5.75 Å². The van der Waals surface area contributed by atoms with Crippen LogP contribution in [0.2, 0.25) is 0 Å². The van der Waals surface area contributed by atoms with E-state index in [1.165, 1.54) is 0 Å². The van der Waals surface area contributed by atoms with Crippen LogP contribution < -0.4 is 10.1 Å². The van der Waals surface area contributed by atoms with Crippen LogP contribution in [0.4, 0.5) is 5.69 Å². The maximum absolute atomic E-state index is 12.7. The Bertz CT molecular complexity index is 1000. The van der Waals surface area contributed by atoms with Crippen LogP contribution in [0.1, 0.15) is 26.3 Å². The van der Waals surface area contributed by atoms with E-state index in [2.05, 4.69) is 37.2 Å². The number of aryl methyl sites for hydroxylation is 1. The first-order valence-corrected chi connectivity index (χ1v) is 9.67. The minimum Gasteiger partial charge on any atom is -0.423 e. The van der Waals surface area contributed by atoms with E-state index in [-0.39, 0.29) is 11.5 Å². The highest BCUT2D eigenvalue weighted by atomic mass is 79.9. The van der Waals surface area contributed by atoms with Crippen molar-refractivity contribution in [3.63, 3.8) is 0 Å². The van der Waals surface area contributed by atoms with Gasteiger partial charge in [-0.05, 0) is 64.8 Å². The van der Waals surface area contributed by atoms with E-state index >= 15 is 0 Å². The Morgan fingerprint density at radius 1 is 0.926 bits per heavy atom. The van der Waals surface area contributed by atoms with Gasteiger partial charge in [0.15, 0.2) is 0 Å². The van der Waals surface area contributed by atoms with E-state index in [0.717, 1.165) is 10.0 Å². The number of carbonyl (C=O) groups excluding carboxylic acids is 2. The monoisotopic (exact) mass is 487 g/mol. The van der Waals surface area contributed by atoms with E-state index in [9.17, 15) is 9.59 Å². The van der Waals surface area contributed by atoms with E-state index in [0.29, 0.717) is 21.5 Å². The Labute approximate surface area is 173 Å². The summed E-state index contributed by atoms with van der Waals surface area (Å²) in [6, 6.07) is 19.2. The predicted octanol–water partition coefficient (Wildman–Crippen LogP) is 5.99. The summed E-state index contributed by atoms with van der Waals surface area (Å²) in [6.45, 7) is 1.88. The molecule has 4 nitrogen and oxygen atoms in total. The van der Waals surface area contributed by atoms with Gasteiger partial charge in [0, 0.05) is 14.5 Å². The van der Waals surface area contributed by atoms with Gasteiger partial charge in [-0.1, -0.05) is 46.3 Å². The van der Waals surface area contributed by atoms with Crippen LogP contribution >= 0.6 is 31.9 Å². The molecule has 0 spiro atoms. The molecule has 0 radical (unpaired) electrons. The molecular weight excluding hydrogens is 474 g/mol. The molecule has 0 fully saturated rings. The Hall–Kier alpha value is -2.44. The zero-order valence-electron chi connectivity index (χ0n) is 14.3. The Balaban J connectivity index is 1.93. The second-order valence-electron chi connectivity index (χ2n) is 5.79. The van der Waals surface area contributed by atoms with Crippen molar-refractivity contribution in [1.29, 1.82) is 0 Å². The van der Waals surface area contributed by atoms with Gasteiger partial charge in [-0.2, -0.15) is 0 Å². The average Bonchev–Trinajstić information content (AvgIpc) is 2.66. The smallest absolute Gasteiger partial charge is 0.345 e. The zero-order chi connectivity index (χ0) is 19.4. The molecule has 0 bridgehead atoms. The number of nitrogens with one attached hydrogen (secondary N) is 1. The van der Waals surface area contributed by atoms with Crippen molar-refractivity contribution in [3.8, 4) is 5.75 Å². The summed E-state index contributed by atoms with van der Waals surface area (Å²) in [5, 5.41) is 2.82. The van der Waals surface area contributed by atoms with Gasteiger partial charge in [0.25, 0.3) is 5.91 Å². The van der Waals surface area contributed by atoms with Crippen molar-refractivity contribution >= 4 is 49.4 Å². The summed E-state index contributed by atoms with van der Waals surface area (Å²) in [5.74, 6) is -0.439. The lowest BCUT2D eigenvalue weighted by atomic mass is 10.1. The van der Waals surface area contributed by atoms with Gasteiger partial charge >= 0.3 is 5.97 Å². The van der Waals surface area contributed by atoms with Crippen LogP contribution in [-0.2, 0) is 0 Å². The normalized spacial score (nSPS) is 10.3. The first kappa shape index (κ1) is 19.3. The van der Waals surface area contributed by atoms with Crippen LogP contribution in [0.3, 0.4) is 0 Å². The third-order valence-corrected chi connectivity index (χ3v) is 5.35. The molecule has 1 N–H and O–H groups in total. The highest BCUT2D eigenvalue weighted by Crippen LogP contribution is 2.31. The number of hydrogen-bond donors (Lipinski definition) is 1. The van der Waals surface area contributed by atoms with E-state index < -0.39 is 5.97 Å². The van der Waals surface area contributed by atoms with Gasteiger partial charge in [-0.25, -0.2) is 4.79 Å². The first-order valence-electron chi connectivity index (χ1n) is 8.09. The van der Waals surface area contributed by atoms with Gasteiger partial charge in [0.05, 0.1) is 11.3 Å². The summed E-state index contributed by atoms with van der Waals surface area (Å²) < 4.78 is 6.85. The van der Waals surface area contributed by atoms with Gasteiger partial charge in [0.2, 0.25) is 0 Å². The lowest BCUT2D eigenvalue weighted by Gasteiger charge is -2.14. The highest BCUT2D eigenvalue weighted by Gasteiger charge is 2.20. The number of halogens is 2. The molecule has 0 heterocycles. The topological polar surface area (TPSA) is 55.4 Å². The summed E-state index contributed by atoms with van der Waals surface area (Å²) in [7, 11) is 0. The van der Waals surface area contributed by atoms with Crippen molar-refractivity contribution in [1.82, 2.24) is 0 Å². The molecule has 3 aromatic carbocycles. The molecule has 0 aliphatic rings. The van der Waals surface area contributed by atoms with Crippen molar-refractivity contribution in [3.05, 3.63) is 92.4 Å². The molecule has 27 heavy (non-hydrogen) atoms. The number of rotatable bonds is 4. The number of hydrogen-bond acceptors (Lipinski definition) is 3. The summed E-state index contributed by atoms with van der Waals surface area (Å²) in [4.78, 5) is 25.3. The molecule has 3 rings (SSSR count). The molecule has 3 aromatic rings. The van der Waals surface area contributed by atoms with Crippen LogP contribution in [-0.4, -0.2) is 11.9 Å². The minimum absolute atomic E-state index is 0.264. The van der Waals surface area contributed by atoms with Crippen molar-refractivity contribution in [2.24, 2.45) is 0 Å². The molecule has 0 aromatic heterocycles. The maximum atomic E-state index is 12.7. The molecule has 0 aliphatic heterocycles. The zero-order valence-corrected chi connectivity index (χ0v) is 17.5. The van der Waals surface area contributed by atoms with Crippen molar-refractivity contribution < 1.29 is 14.3 Å². The molecule has 136 valence electrons. The molecule has 0 aliphatic carbocycles. The predicted molar refractivity (Wildman–Crippen MR) is 112 cm³/mol. The lowest BCUT2D eigenvalue weighted by molar-refractivity contribution is 0.0736. The van der Waals surface area contributed by atoms with E-state index in [1.807, 2.05) is 19.1 Å². The largest absolute Gasteiger partial charge is 0.423 e. The number of esters is 1. The third-order valence-electron chi connectivity index (χ3n) is 3.83. The number of amides is 1. The SMILES string of the molecule is Cc1ccc(C(=O)Oc2ccccc2)c(NC(=O)c2cccc(Br)c2)c1Br. The van der Waals surface area contributed by atoms with Crippen molar-refractivity contribution in [2.45, 2.75) is 6.92 Å². The molecular formula is C21H15Br2NO3. The fourth-order valence-corrected chi connectivity index (χ4v) is 3.28. The van der Waals surface area contributed by atoms with E-state index in [1.54, 1.807) is 54.6 Å². The van der Waals surface area contributed by atoms with Gasteiger partial charge in [-0.3, -0.25) is 4.79 Å². The standard InChI is InChI=1S/C21H15Br2NO3/c1-13-10-11-17(21(26)27-16-8-3-2-4-9-16)19(18(13)23)24-20(25)14-6-5-7-15(22)12-14/h2-12H,1H3,(H,24,25). The molecule has 0 unspecified atom stereocenters. The first-order chi connectivity index (χ1) is 13.0.